The van der Waals surface area contributed by atoms with Gasteiger partial charge in [0.25, 0.3) is 0 Å². The Morgan fingerprint density at radius 2 is 1.82 bits per heavy atom. The molecule has 0 bridgehead atoms. The number of urea groups is 1. The number of halogens is 3. The van der Waals surface area contributed by atoms with Crippen LogP contribution in [0.15, 0.2) is 24.3 Å². The SMILES string of the molecule is CCOc1ccc([C@]2(O)C[C@@](O)(C(F)(F)F)NC(=O)N2)cc1. The zero-order chi connectivity index (χ0) is 16.6. The second-order valence-electron chi connectivity index (χ2n) is 4.93. The van der Waals surface area contributed by atoms with Gasteiger partial charge in [-0.15, -0.1) is 0 Å². The van der Waals surface area contributed by atoms with Gasteiger partial charge in [-0.1, -0.05) is 12.1 Å². The molecule has 9 heteroatoms. The summed E-state index contributed by atoms with van der Waals surface area (Å²) in [5.74, 6) is 0.459. The van der Waals surface area contributed by atoms with Gasteiger partial charge in [-0.2, -0.15) is 13.2 Å². The largest absolute Gasteiger partial charge is 0.494 e. The summed E-state index contributed by atoms with van der Waals surface area (Å²) in [6.07, 6.45) is -6.33. The molecule has 0 radical (unpaired) electrons. The van der Waals surface area contributed by atoms with E-state index in [-0.39, 0.29) is 5.56 Å². The van der Waals surface area contributed by atoms with Crippen LogP contribution in [0.1, 0.15) is 18.9 Å². The van der Waals surface area contributed by atoms with Crippen molar-refractivity contribution in [2.75, 3.05) is 6.61 Å². The Bertz CT molecular complexity index is 563. The van der Waals surface area contributed by atoms with Crippen molar-refractivity contribution in [1.29, 1.82) is 0 Å². The maximum atomic E-state index is 12.9. The van der Waals surface area contributed by atoms with E-state index in [9.17, 15) is 28.2 Å². The molecule has 1 aliphatic rings. The topological polar surface area (TPSA) is 90.8 Å². The smallest absolute Gasteiger partial charge is 0.436 e. The fourth-order valence-electron chi connectivity index (χ4n) is 2.20. The minimum absolute atomic E-state index is 0.00604. The van der Waals surface area contributed by atoms with Gasteiger partial charge < -0.3 is 25.6 Å². The van der Waals surface area contributed by atoms with Crippen molar-refractivity contribution in [3.05, 3.63) is 29.8 Å². The van der Waals surface area contributed by atoms with Gasteiger partial charge in [-0.05, 0) is 19.1 Å². The quantitative estimate of drug-likeness (QED) is 0.673. The highest BCUT2D eigenvalue weighted by molar-refractivity contribution is 5.77. The summed E-state index contributed by atoms with van der Waals surface area (Å²) in [4.78, 5) is 11.4. The predicted molar refractivity (Wildman–Crippen MR) is 68.8 cm³/mol. The van der Waals surface area contributed by atoms with Crippen molar-refractivity contribution < 1.29 is 32.9 Å². The van der Waals surface area contributed by atoms with Crippen LogP contribution in [0.3, 0.4) is 0 Å². The average Bonchev–Trinajstić information content (AvgIpc) is 2.37. The zero-order valence-corrected chi connectivity index (χ0v) is 11.6. The number of ether oxygens (including phenoxy) is 1. The number of hydrogen-bond donors (Lipinski definition) is 4. The highest BCUT2D eigenvalue weighted by atomic mass is 19.4. The predicted octanol–water partition coefficient (Wildman–Crippen LogP) is 1.18. The van der Waals surface area contributed by atoms with E-state index in [2.05, 4.69) is 0 Å². The highest BCUT2D eigenvalue weighted by Gasteiger charge is 2.61. The van der Waals surface area contributed by atoms with Gasteiger partial charge in [-0.3, -0.25) is 0 Å². The summed E-state index contributed by atoms with van der Waals surface area (Å²) in [6, 6.07) is 4.18. The Balaban J connectivity index is 2.33. The van der Waals surface area contributed by atoms with Crippen LogP contribution in [0, 0.1) is 0 Å². The van der Waals surface area contributed by atoms with Crippen molar-refractivity contribution in [3.8, 4) is 5.75 Å². The van der Waals surface area contributed by atoms with Gasteiger partial charge in [0, 0.05) is 5.56 Å². The lowest BCUT2D eigenvalue weighted by molar-refractivity contribution is -0.291. The first kappa shape index (κ1) is 16.4. The molecule has 1 saturated heterocycles. The average molecular weight is 320 g/mol. The number of carbonyl (C=O) groups excluding carboxylic acids is 1. The summed E-state index contributed by atoms with van der Waals surface area (Å²) in [6.45, 7) is 2.16. The highest BCUT2D eigenvalue weighted by Crippen LogP contribution is 2.39. The van der Waals surface area contributed by atoms with E-state index in [0.717, 1.165) is 0 Å². The fraction of sp³-hybridized carbons (Fsp3) is 0.462. The molecular formula is C13H15F3N2O4. The molecule has 1 aliphatic heterocycles. The molecule has 0 aliphatic carbocycles. The Labute approximate surface area is 123 Å². The molecule has 1 aromatic carbocycles. The second kappa shape index (κ2) is 5.33. The normalized spacial score (nSPS) is 28.7. The number of benzene rings is 1. The number of amides is 2. The third-order valence-corrected chi connectivity index (χ3v) is 3.26. The number of aliphatic hydroxyl groups is 2. The summed E-state index contributed by atoms with van der Waals surface area (Å²) >= 11 is 0. The number of rotatable bonds is 3. The van der Waals surface area contributed by atoms with Crippen LogP contribution in [0.2, 0.25) is 0 Å². The maximum absolute atomic E-state index is 12.9. The molecule has 0 unspecified atom stereocenters. The third kappa shape index (κ3) is 2.95. The Morgan fingerprint density at radius 3 is 2.32 bits per heavy atom. The van der Waals surface area contributed by atoms with Gasteiger partial charge in [0.1, 0.15) is 5.75 Å². The Hall–Kier alpha value is -2.00. The lowest BCUT2D eigenvalue weighted by Gasteiger charge is -2.43. The van der Waals surface area contributed by atoms with Crippen LogP contribution in [-0.2, 0) is 5.72 Å². The van der Waals surface area contributed by atoms with Gasteiger partial charge in [0.05, 0.1) is 13.0 Å². The lowest BCUT2D eigenvalue weighted by Crippen LogP contribution is -2.71. The molecule has 0 spiro atoms. The number of hydrogen-bond acceptors (Lipinski definition) is 4. The first-order valence-corrected chi connectivity index (χ1v) is 6.45. The van der Waals surface area contributed by atoms with Crippen LogP contribution in [0.4, 0.5) is 18.0 Å². The molecule has 0 aromatic heterocycles. The molecule has 1 fully saturated rings. The third-order valence-electron chi connectivity index (χ3n) is 3.26. The first-order valence-electron chi connectivity index (χ1n) is 6.45. The van der Waals surface area contributed by atoms with Crippen molar-refractivity contribution in [2.24, 2.45) is 0 Å². The molecule has 2 amide bonds. The number of carbonyl (C=O) groups is 1. The van der Waals surface area contributed by atoms with E-state index >= 15 is 0 Å². The van der Waals surface area contributed by atoms with Crippen molar-refractivity contribution in [2.45, 2.75) is 31.0 Å². The Morgan fingerprint density at radius 1 is 1.23 bits per heavy atom. The summed E-state index contributed by atoms with van der Waals surface area (Å²) in [5.41, 5.74) is -5.89. The lowest BCUT2D eigenvalue weighted by atomic mass is 9.90. The van der Waals surface area contributed by atoms with E-state index in [4.69, 9.17) is 4.74 Å². The van der Waals surface area contributed by atoms with Gasteiger partial charge in [0.15, 0.2) is 5.72 Å². The molecule has 6 nitrogen and oxygen atoms in total. The van der Waals surface area contributed by atoms with Crippen molar-refractivity contribution >= 4 is 6.03 Å². The fourth-order valence-corrected chi connectivity index (χ4v) is 2.20. The van der Waals surface area contributed by atoms with Crippen LogP contribution in [0.5, 0.6) is 5.75 Å². The monoisotopic (exact) mass is 320 g/mol. The van der Waals surface area contributed by atoms with Gasteiger partial charge in [0.2, 0.25) is 5.72 Å². The minimum Gasteiger partial charge on any atom is -0.494 e. The molecule has 122 valence electrons. The van der Waals surface area contributed by atoms with E-state index in [1.54, 1.807) is 6.92 Å². The molecule has 2 rings (SSSR count). The first-order chi connectivity index (χ1) is 10.1. The number of nitrogens with one attached hydrogen (secondary N) is 2. The molecule has 1 aromatic rings. The van der Waals surface area contributed by atoms with E-state index in [0.29, 0.717) is 12.4 Å². The van der Waals surface area contributed by atoms with Crippen molar-refractivity contribution in [1.82, 2.24) is 10.6 Å². The van der Waals surface area contributed by atoms with E-state index in [1.807, 2.05) is 5.32 Å². The van der Waals surface area contributed by atoms with Crippen LogP contribution >= 0.6 is 0 Å². The molecule has 1 heterocycles. The maximum Gasteiger partial charge on any atom is 0.436 e. The Kier molecular flexibility index (Phi) is 3.96. The summed E-state index contributed by atoms with van der Waals surface area (Å²) in [7, 11) is 0. The zero-order valence-electron chi connectivity index (χ0n) is 11.6. The van der Waals surface area contributed by atoms with Crippen LogP contribution in [0.25, 0.3) is 0 Å². The van der Waals surface area contributed by atoms with Crippen molar-refractivity contribution in [3.63, 3.8) is 0 Å². The second-order valence-corrected chi connectivity index (χ2v) is 4.93. The van der Waals surface area contributed by atoms with Crippen LogP contribution < -0.4 is 15.4 Å². The molecule has 22 heavy (non-hydrogen) atoms. The molecular weight excluding hydrogens is 305 g/mol. The van der Waals surface area contributed by atoms with Crippen LogP contribution in [-0.4, -0.2) is 34.8 Å². The minimum atomic E-state index is -5.13. The molecule has 2 atom stereocenters. The van der Waals surface area contributed by atoms with Gasteiger partial charge in [-0.25, -0.2) is 4.79 Å². The van der Waals surface area contributed by atoms with E-state index in [1.165, 1.54) is 29.6 Å². The van der Waals surface area contributed by atoms with E-state index < -0.39 is 30.1 Å². The standard InChI is InChI=1S/C13H15F3N2O4/c1-2-22-9-5-3-8(4-6-9)11(20)7-12(21,13(14,15)16)18-10(19)17-11/h3-6,20-21H,2,7H2,1H3,(H2,17,18,19)/t11-,12-/m1/s1. The molecule has 4 N–H and O–H groups in total. The summed E-state index contributed by atoms with van der Waals surface area (Å²) in [5, 5.41) is 23.4. The molecule has 0 saturated carbocycles. The number of alkyl halides is 3. The summed E-state index contributed by atoms with van der Waals surface area (Å²) < 4.78 is 43.9. The van der Waals surface area contributed by atoms with Gasteiger partial charge >= 0.3 is 12.2 Å².